The molecule has 4 aliphatic carbocycles. The molecule has 3 unspecified atom stereocenters. The molecular formula is C26H31ClN2O5. The summed E-state index contributed by atoms with van der Waals surface area (Å²) in [7, 11) is 0. The number of aromatic amines is 1. The van der Waals surface area contributed by atoms with Gasteiger partial charge in [0.1, 0.15) is 17.3 Å². The molecule has 5 fully saturated rings. The Bertz CT molecular complexity index is 1200. The number of ether oxygens (including phenoxy) is 1. The molecule has 8 rings (SSSR count). The lowest BCUT2D eigenvalue weighted by Crippen LogP contribution is -2.86. The SMILES string of the molecule is CC1(C)CC[C@H](O)[C@]23CO[C@@](O)([C@@H](O)C12)C12c4nc(-c5cccc(Cl)c5)[nH]c4[C@H](CCC13)[C@H]2O. The molecule has 2 aromatic rings. The maximum Gasteiger partial charge on any atom is 0.206 e. The van der Waals surface area contributed by atoms with Gasteiger partial charge in [0, 0.05) is 33.5 Å². The lowest BCUT2D eigenvalue weighted by Gasteiger charge is -2.75. The van der Waals surface area contributed by atoms with Gasteiger partial charge in [0.15, 0.2) is 0 Å². The summed E-state index contributed by atoms with van der Waals surface area (Å²) in [6.45, 7) is 4.39. The van der Waals surface area contributed by atoms with Crippen LogP contribution in [0.3, 0.4) is 0 Å². The summed E-state index contributed by atoms with van der Waals surface area (Å²) in [6.07, 6.45) is -0.120. The summed E-state index contributed by atoms with van der Waals surface area (Å²) in [6, 6.07) is 7.39. The Labute approximate surface area is 203 Å². The Morgan fingerprint density at radius 3 is 2.68 bits per heavy atom. The molecule has 7 nitrogen and oxygen atoms in total. The summed E-state index contributed by atoms with van der Waals surface area (Å²) in [4.78, 5) is 8.37. The van der Waals surface area contributed by atoms with E-state index in [0.29, 0.717) is 29.4 Å². The minimum atomic E-state index is -2.00. The highest BCUT2D eigenvalue weighted by molar-refractivity contribution is 6.30. The van der Waals surface area contributed by atoms with E-state index in [2.05, 4.69) is 18.8 Å². The van der Waals surface area contributed by atoms with Crippen molar-refractivity contribution in [1.29, 1.82) is 0 Å². The van der Waals surface area contributed by atoms with E-state index in [1.165, 1.54) is 0 Å². The molecule has 1 aromatic carbocycles. The maximum absolute atomic E-state index is 12.3. The number of H-pyrrole nitrogens is 1. The summed E-state index contributed by atoms with van der Waals surface area (Å²) in [5, 5.41) is 48.0. The van der Waals surface area contributed by atoms with E-state index in [4.69, 9.17) is 21.3 Å². The number of hydrogen-bond donors (Lipinski definition) is 5. The van der Waals surface area contributed by atoms with Gasteiger partial charge in [-0.2, -0.15) is 0 Å². The van der Waals surface area contributed by atoms with Gasteiger partial charge in [0.2, 0.25) is 5.79 Å². The molecular weight excluding hydrogens is 456 g/mol. The number of benzene rings is 1. The monoisotopic (exact) mass is 486 g/mol. The third-order valence-electron chi connectivity index (χ3n) is 10.4. The minimum absolute atomic E-state index is 0.167. The topological polar surface area (TPSA) is 119 Å². The normalized spacial score (nSPS) is 47.7. The number of imidazole rings is 1. The Balaban J connectivity index is 1.48. The fourth-order valence-electron chi connectivity index (χ4n) is 9.16. The molecule has 0 amide bonds. The van der Waals surface area contributed by atoms with Crippen LogP contribution in [0.15, 0.2) is 24.3 Å². The molecule has 1 aromatic heterocycles. The minimum Gasteiger partial charge on any atom is -0.392 e. The fourth-order valence-corrected chi connectivity index (χ4v) is 9.35. The number of nitrogens with zero attached hydrogens (tertiary/aromatic N) is 1. The van der Waals surface area contributed by atoms with Gasteiger partial charge in [0.05, 0.1) is 24.5 Å². The molecule has 34 heavy (non-hydrogen) atoms. The van der Waals surface area contributed by atoms with Crippen molar-refractivity contribution in [3.05, 3.63) is 40.7 Å². The average Bonchev–Trinajstić information content (AvgIpc) is 3.27. The Morgan fingerprint density at radius 1 is 1.12 bits per heavy atom. The highest BCUT2D eigenvalue weighted by Crippen LogP contribution is 2.76. The van der Waals surface area contributed by atoms with Crippen LogP contribution >= 0.6 is 11.6 Å². The van der Waals surface area contributed by atoms with Gasteiger partial charge < -0.3 is 30.1 Å². The average molecular weight is 487 g/mol. The molecule has 2 spiro atoms. The molecule has 6 aliphatic rings. The second kappa shape index (κ2) is 6.44. The quantitative estimate of drug-likeness (QED) is 0.423. The number of aliphatic hydroxyl groups is 4. The first-order chi connectivity index (χ1) is 16.1. The van der Waals surface area contributed by atoms with Crippen molar-refractivity contribution < 1.29 is 25.2 Å². The van der Waals surface area contributed by atoms with Gasteiger partial charge in [-0.15, -0.1) is 0 Å². The van der Waals surface area contributed by atoms with Gasteiger partial charge in [-0.1, -0.05) is 37.6 Å². The molecule has 2 saturated heterocycles. The third kappa shape index (κ3) is 2.14. The second-order valence-corrected chi connectivity index (χ2v) is 12.4. The van der Waals surface area contributed by atoms with Crippen LogP contribution < -0.4 is 0 Å². The number of nitrogens with one attached hydrogen (secondary N) is 1. The Hall–Kier alpha value is -1.48. The van der Waals surface area contributed by atoms with Crippen LogP contribution in [0.25, 0.3) is 11.4 Å². The lowest BCUT2D eigenvalue weighted by molar-refractivity contribution is -0.449. The predicted molar refractivity (Wildman–Crippen MR) is 124 cm³/mol. The van der Waals surface area contributed by atoms with E-state index < -0.39 is 34.9 Å². The molecule has 8 heteroatoms. The third-order valence-corrected chi connectivity index (χ3v) is 10.6. The van der Waals surface area contributed by atoms with Crippen LogP contribution in [-0.2, 0) is 10.2 Å². The summed E-state index contributed by atoms with van der Waals surface area (Å²) in [5.74, 6) is -2.26. The van der Waals surface area contributed by atoms with Gasteiger partial charge >= 0.3 is 0 Å². The highest BCUT2D eigenvalue weighted by atomic mass is 35.5. The first-order valence-corrected chi connectivity index (χ1v) is 12.7. The van der Waals surface area contributed by atoms with Crippen molar-refractivity contribution in [3.8, 4) is 11.4 Å². The van der Waals surface area contributed by atoms with E-state index >= 15 is 0 Å². The van der Waals surface area contributed by atoms with Crippen LogP contribution in [0.5, 0.6) is 0 Å². The van der Waals surface area contributed by atoms with Gasteiger partial charge in [-0.05, 0) is 49.1 Å². The van der Waals surface area contributed by atoms with Crippen molar-refractivity contribution in [2.45, 2.75) is 75.0 Å². The summed E-state index contributed by atoms with van der Waals surface area (Å²) in [5.41, 5.74) is -0.211. The van der Waals surface area contributed by atoms with Crippen LogP contribution in [0.4, 0.5) is 0 Å². The van der Waals surface area contributed by atoms with E-state index in [9.17, 15) is 20.4 Å². The summed E-state index contributed by atoms with van der Waals surface area (Å²) < 4.78 is 6.16. The highest BCUT2D eigenvalue weighted by Gasteiger charge is 2.85. The maximum atomic E-state index is 12.3. The van der Waals surface area contributed by atoms with Gasteiger partial charge in [0.25, 0.3) is 0 Å². The molecule has 5 N–H and O–H groups in total. The first-order valence-electron chi connectivity index (χ1n) is 12.4. The van der Waals surface area contributed by atoms with Crippen molar-refractivity contribution in [2.24, 2.45) is 22.7 Å². The number of aliphatic hydroxyl groups excluding tert-OH is 3. The second-order valence-electron chi connectivity index (χ2n) is 12.0. The smallest absolute Gasteiger partial charge is 0.206 e. The van der Waals surface area contributed by atoms with Crippen molar-refractivity contribution in [3.63, 3.8) is 0 Å². The van der Waals surface area contributed by atoms with Gasteiger partial charge in [-0.25, -0.2) is 4.98 Å². The van der Waals surface area contributed by atoms with Crippen molar-refractivity contribution >= 4 is 11.6 Å². The van der Waals surface area contributed by atoms with Crippen LogP contribution in [-0.4, -0.2) is 61.1 Å². The van der Waals surface area contributed by atoms with E-state index in [1.54, 1.807) is 6.07 Å². The van der Waals surface area contributed by atoms with E-state index in [0.717, 1.165) is 24.1 Å². The van der Waals surface area contributed by atoms with Crippen molar-refractivity contribution in [2.75, 3.05) is 6.61 Å². The zero-order valence-corrected chi connectivity index (χ0v) is 20.1. The standard InChI is InChI=1S/C26H31ClN2O5/c1-23(2)9-8-16(30)24-11-34-26(33,21(32)18(23)24)25-15(24)7-6-14(20(25)31)17-19(25)29-22(28-17)12-4-3-5-13(27)10-12/h3-5,10,14-16,18,20-21,30-33H,6-9,11H2,1-2H3,(H,28,29)/t14-,15?,16-,18?,20+,21-,24+,25?,26-/m0/s1. The molecule has 2 aliphatic heterocycles. The molecule has 182 valence electrons. The Kier molecular flexibility index (Phi) is 4.12. The fraction of sp³-hybridized carbons (Fsp3) is 0.654. The van der Waals surface area contributed by atoms with E-state index in [-0.39, 0.29) is 29.8 Å². The van der Waals surface area contributed by atoms with Crippen molar-refractivity contribution in [1.82, 2.24) is 9.97 Å². The predicted octanol–water partition coefficient (Wildman–Crippen LogP) is 2.71. The zero-order chi connectivity index (χ0) is 23.8. The number of halogens is 1. The Morgan fingerprint density at radius 2 is 1.91 bits per heavy atom. The summed E-state index contributed by atoms with van der Waals surface area (Å²) >= 11 is 6.23. The van der Waals surface area contributed by atoms with Crippen LogP contribution in [0.2, 0.25) is 5.02 Å². The van der Waals surface area contributed by atoms with Gasteiger partial charge in [-0.3, -0.25) is 0 Å². The number of rotatable bonds is 1. The first kappa shape index (κ1) is 21.8. The molecule has 0 radical (unpaired) electrons. The zero-order valence-electron chi connectivity index (χ0n) is 19.3. The van der Waals surface area contributed by atoms with Crippen LogP contribution in [0, 0.1) is 22.7 Å². The lowest BCUT2D eigenvalue weighted by atomic mass is 9.35. The number of fused-ring (bicyclic) bond motifs is 4. The van der Waals surface area contributed by atoms with E-state index in [1.807, 2.05) is 18.2 Å². The molecule has 4 bridgehead atoms. The molecule has 3 saturated carbocycles. The molecule has 3 heterocycles. The number of hydrogen-bond acceptors (Lipinski definition) is 6. The number of aromatic nitrogens is 2. The van der Waals surface area contributed by atoms with Crippen LogP contribution in [0.1, 0.15) is 56.8 Å². The largest absolute Gasteiger partial charge is 0.392 e. The molecule has 9 atom stereocenters.